The predicted octanol–water partition coefficient (Wildman–Crippen LogP) is -2.00. The van der Waals surface area contributed by atoms with Gasteiger partial charge < -0.3 is 25.0 Å². The summed E-state index contributed by atoms with van der Waals surface area (Å²) >= 11 is 0. The quantitative estimate of drug-likeness (QED) is 0.503. The molecule has 9 heteroatoms. The first-order valence-electron chi connectivity index (χ1n) is 6.67. The lowest BCUT2D eigenvalue weighted by molar-refractivity contribution is -0.0547. The molecule has 118 valence electrons. The molecule has 0 bridgehead atoms. The minimum absolute atomic E-state index is 0.128. The summed E-state index contributed by atoms with van der Waals surface area (Å²) in [6, 6.07) is 0. The molecule has 4 N–H and O–H groups in total. The Morgan fingerprint density at radius 1 is 1.36 bits per heavy atom. The van der Waals surface area contributed by atoms with E-state index < -0.39 is 36.8 Å². The van der Waals surface area contributed by atoms with Crippen molar-refractivity contribution in [3.63, 3.8) is 0 Å². The van der Waals surface area contributed by atoms with Crippen molar-refractivity contribution in [3.8, 4) is 0 Å². The standard InChI is InChI=1S/C13H15N3O6/c1-5-2-14-11-6(8(5)18)3-16(13(21)15-11)12-10(20)9(19)7(4-17)22-12/h2-3,7,9-10,12,17,19-20H,4H2,1H3,(H,14,15,21)/t7-,9?,10?,12-/m1/s1. The maximum Gasteiger partial charge on any atom is 0.351 e. The number of pyridine rings is 1. The topological polar surface area (TPSA) is 138 Å². The Bertz CT molecular complexity index is 829. The predicted molar refractivity (Wildman–Crippen MR) is 74.4 cm³/mol. The van der Waals surface area contributed by atoms with Gasteiger partial charge in [0.15, 0.2) is 11.7 Å². The minimum Gasteiger partial charge on any atom is -0.394 e. The molecule has 0 spiro atoms. The van der Waals surface area contributed by atoms with Crippen LogP contribution in [0.25, 0.3) is 11.0 Å². The Balaban J connectivity index is 2.16. The molecule has 0 aromatic carbocycles. The minimum atomic E-state index is -1.42. The van der Waals surface area contributed by atoms with Crippen molar-refractivity contribution in [1.29, 1.82) is 0 Å². The summed E-state index contributed by atoms with van der Waals surface area (Å²) in [5, 5.41) is 29.0. The number of hydrogen-bond acceptors (Lipinski definition) is 7. The number of nitrogens with zero attached hydrogens (tertiary/aromatic N) is 2. The smallest absolute Gasteiger partial charge is 0.351 e. The molecule has 4 atom stereocenters. The highest BCUT2D eigenvalue weighted by Gasteiger charge is 2.43. The number of aromatic amines is 1. The van der Waals surface area contributed by atoms with Gasteiger partial charge in [0, 0.05) is 18.0 Å². The van der Waals surface area contributed by atoms with Crippen LogP contribution in [0, 0.1) is 6.92 Å². The van der Waals surface area contributed by atoms with E-state index in [9.17, 15) is 19.8 Å². The van der Waals surface area contributed by atoms with Crippen molar-refractivity contribution < 1.29 is 20.1 Å². The van der Waals surface area contributed by atoms with Gasteiger partial charge in [0.25, 0.3) is 0 Å². The summed E-state index contributed by atoms with van der Waals surface area (Å²) in [7, 11) is 0. The van der Waals surface area contributed by atoms with Crippen LogP contribution in [0.15, 0.2) is 22.0 Å². The number of ether oxygens (including phenoxy) is 1. The van der Waals surface area contributed by atoms with Gasteiger partial charge in [-0.3, -0.25) is 9.36 Å². The average Bonchev–Trinajstić information content (AvgIpc) is 2.79. The summed E-state index contributed by atoms with van der Waals surface area (Å²) in [4.78, 5) is 30.7. The molecular formula is C13H15N3O6. The second-order valence-electron chi connectivity index (χ2n) is 5.22. The van der Waals surface area contributed by atoms with Crippen LogP contribution in [0.2, 0.25) is 0 Å². The molecule has 0 aliphatic carbocycles. The van der Waals surface area contributed by atoms with E-state index in [1.165, 1.54) is 12.4 Å². The molecule has 1 aliphatic heterocycles. The normalized spacial score (nSPS) is 28.4. The largest absolute Gasteiger partial charge is 0.394 e. The third-order valence-electron chi connectivity index (χ3n) is 3.77. The lowest BCUT2D eigenvalue weighted by Crippen LogP contribution is -2.36. The molecule has 9 nitrogen and oxygen atoms in total. The van der Waals surface area contributed by atoms with Crippen LogP contribution in [0.5, 0.6) is 0 Å². The van der Waals surface area contributed by atoms with E-state index >= 15 is 0 Å². The first-order chi connectivity index (χ1) is 10.4. The first-order valence-corrected chi connectivity index (χ1v) is 6.67. The van der Waals surface area contributed by atoms with Crippen LogP contribution in [0.1, 0.15) is 11.8 Å². The highest BCUT2D eigenvalue weighted by Crippen LogP contribution is 2.28. The van der Waals surface area contributed by atoms with Crippen molar-refractivity contribution in [2.45, 2.75) is 31.5 Å². The van der Waals surface area contributed by atoms with Gasteiger partial charge >= 0.3 is 5.69 Å². The molecule has 0 amide bonds. The number of aliphatic hydroxyl groups excluding tert-OH is 3. The van der Waals surface area contributed by atoms with Gasteiger partial charge in [0.1, 0.15) is 24.0 Å². The van der Waals surface area contributed by atoms with Crippen LogP contribution in [0.3, 0.4) is 0 Å². The molecule has 0 radical (unpaired) electrons. The zero-order valence-corrected chi connectivity index (χ0v) is 11.6. The fourth-order valence-corrected chi connectivity index (χ4v) is 2.49. The lowest BCUT2D eigenvalue weighted by atomic mass is 10.1. The third-order valence-corrected chi connectivity index (χ3v) is 3.77. The van der Waals surface area contributed by atoms with Gasteiger partial charge in [0.05, 0.1) is 12.0 Å². The number of fused-ring (bicyclic) bond motifs is 1. The summed E-state index contributed by atoms with van der Waals surface area (Å²) in [5.74, 6) is 0. The Labute approximate surface area is 123 Å². The van der Waals surface area contributed by atoms with Crippen LogP contribution >= 0.6 is 0 Å². The Kier molecular flexibility index (Phi) is 3.57. The number of hydrogen-bond donors (Lipinski definition) is 4. The van der Waals surface area contributed by atoms with Gasteiger partial charge in [-0.25, -0.2) is 4.79 Å². The number of aryl methyl sites for hydroxylation is 1. The molecular weight excluding hydrogens is 294 g/mol. The van der Waals surface area contributed by atoms with Gasteiger partial charge in [0.2, 0.25) is 0 Å². The van der Waals surface area contributed by atoms with Gasteiger partial charge in [-0.1, -0.05) is 0 Å². The van der Waals surface area contributed by atoms with Crippen LogP contribution in [-0.2, 0) is 4.74 Å². The highest BCUT2D eigenvalue weighted by molar-refractivity contribution is 5.73. The molecule has 2 aromatic heterocycles. The van der Waals surface area contributed by atoms with E-state index in [2.05, 4.69) is 9.97 Å². The maximum absolute atomic E-state index is 12.1. The average molecular weight is 309 g/mol. The lowest BCUT2D eigenvalue weighted by Gasteiger charge is -2.17. The number of rotatable bonds is 2. The fourth-order valence-electron chi connectivity index (χ4n) is 2.49. The van der Waals surface area contributed by atoms with E-state index in [1.54, 1.807) is 6.92 Å². The van der Waals surface area contributed by atoms with Crippen LogP contribution < -0.4 is 11.1 Å². The molecule has 1 aliphatic rings. The van der Waals surface area contributed by atoms with E-state index in [4.69, 9.17) is 9.84 Å². The first kappa shape index (κ1) is 14.9. The van der Waals surface area contributed by atoms with Crippen LogP contribution in [-0.4, -0.2) is 54.8 Å². The fraction of sp³-hybridized carbons (Fsp3) is 0.462. The Morgan fingerprint density at radius 2 is 2.09 bits per heavy atom. The maximum atomic E-state index is 12.1. The van der Waals surface area contributed by atoms with Crippen LogP contribution in [0.4, 0.5) is 0 Å². The van der Waals surface area contributed by atoms with E-state index in [1.807, 2.05) is 0 Å². The van der Waals surface area contributed by atoms with E-state index in [0.717, 1.165) is 4.57 Å². The number of aromatic nitrogens is 3. The van der Waals surface area contributed by atoms with Gasteiger partial charge in [-0.05, 0) is 6.92 Å². The Hall–Kier alpha value is -2.07. The van der Waals surface area contributed by atoms with E-state index in [0.29, 0.717) is 5.56 Å². The second-order valence-corrected chi connectivity index (χ2v) is 5.22. The number of nitrogens with one attached hydrogen (secondary N) is 1. The van der Waals surface area contributed by atoms with Crippen molar-refractivity contribution in [1.82, 2.24) is 14.5 Å². The molecule has 3 heterocycles. The zero-order valence-electron chi connectivity index (χ0n) is 11.6. The molecule has 2 unspecified atom stereocenters. The van der Waals surface area contributed by atoms with Gasteiger partial charge in [-0.2, -0.15) is 4.98 Å². The summed E-state index contributed by atoms with van der Waals surface area (Å²) < 4.78 is 6.23. The number of aliphatic hydroxyl groups is 3. The van der Waals surface area contributed by atoms with Crippen molar-refractivity contribution >= 4 is 11.0 Å². The molecule has 0 saturated carbocycles. The summed E-state index contributed by atoms with van der Waals surface area (Å²) in [5.41, 5.74) is -0.479. The molecule has 1 saturated heterocycles. The van der Waals surface area contributed by atoms with Crippen molar-refractivity contribution in [3.05, 3.63) is 38.7 Å². The molecule has 3 rings (SSSR count). The molecule has 2 aromatic rings. The van der Waals surface area contributed by atoms with E-state index in [-0.39, 0.29) is 16.5 Å². The van der Waals surface area contributed by atoms with Gasteiger partial charge in [-0.15, -0.1) is 0 Å². The summed E-state index contributed by atoms with van der Waals surface area (Å²) in [6.45, 7) is 1.10. The highest BCUT2D eigenvalue weighted by atomic mass is 16.6. The Morgan fingerprint density at radius 3 is 2.73 bits per heavy atom. The van der Waals surface area contributed by atoms with Crippen molar-refractivity contribution in [2.24, 2.45) is 0 Å². The summed E-state index contributed by atoms with van der Waals surface area (Å²) in [6.07, 6.45) is -2.31. The van der Waals surface area contributed by atoms with Crippen molar-refractivity contribution in [2.75, 3.05) is 6.61 Å². The molecule has 22 heavy (non-hydrogen) atoms. The SMILES string of the molecule is Cc1c[nH]c2nc(=O)n([C@@H]3O[C@H](CO)C(O)C3O)cc2c1=O. The number of H-pyrrole nitrogens is 1. The second kappa shape index (κ2) is 5.29. The third kappa shape index (κ3) is 2.15. The zero-order chi connectivity index (χ0) is 16.0. The monoisotopic (exact) mass is 309 g/mol. The molecule has 1 fully saturated rings.